The summed E-state index contributed by atoms with van der Waals surface area (Å²) in [6.45, 7) is 14.9. The monoisotopic (exact) mass is 344 g/mol. The highest BCUT2D eigenvalue weighted by molar-refractivity contribution is 5.32. The van der Waals surface area contributed by atoms with E-state index in [2.05, 4.69) is 39.0 Å². The highest BCUT2D eigenvalue weighted by atomic mass is 14.4. The minimum Gasteiger partial charge on any atom is -0.0683 e. The van der Waals surface area contributed by atoms with Crippen molar-refractivity contribution in [3.8, 4) is 0 Å². The highest BCUT2D eigenvalue weighted by Gasteiger charge is 2.30. The van der Waals surface area contributed by atoms with E-state index in [1.165, 1.54) is 62.5 Å². The number of hydrogen-bond acceptors (Lipinski definition) is 0. The summed E-state index contributed by atoms with van der Waals surface area (Å²) in [7, 11) is 0. The van der Waals surface area contributed by atoms with E-state index in [-0.39, 0.29) is 0 Å². The molecule has 0 atom stereocenters. The highest BCUT2D eigenvalue weighted by Crippen LogP contribution is 2.43. The topological polar surface area (TPSA) is 0 Å². The lowest BCUT2D eigenvalue weighted by atomic mass is 9.68. The van der Waals surface area contributed by atoms with Crippen molar-refractivity contribution in [1.29, 1.82) is 0 Å². The van der Waals surface area contributed by atoms with Crippen LogP contribution >= 0.6 is 0 Å². The minimum atomic E-state index is 0.836. The van der Waals surface area contributed by atoms with E-state index in [4.69, 9.17) is 0 Å². The van der Waals surface area contributed by atoms with E-state index in [1.807, 2.05) is 27.7 Å². The maximum absolute atomic E-state index is 2.45. The van der Waals surface area contributed by atoms with Crippen molar-refractivity contribution >= 4 is 0 Å². The van der Waals surface area contributed by atoms with E-state index in [0.29, 0.717) is 0 Å². The molecule has 0 heteroatoms. The molecule has 0 aliphatic heterocycles. The van der Waals surface area contributed by atoms with E-state index in [0.717, 1.165) is 23.7 Å². The number of hydrogen-bond donors (Lipinski definition) is 0. The standard InChI is InChI=1S/C21H32.2C2H6/c1-15-4-7-18(8-5-15)19-10-12-20(13-11-19)21-9-6-16(2)17(3)14-21;2*1-2/h6,9,14-15,18-20H,4-5,7-8,10-13H2,1-3H3;2*1-2H3. The second kappa shape index (κ2) is 11.8. The Bertz CT molecular complexity index is 457. The predicted octanol–water partition coefficient (Wildman–Crippen LogP) is 8.46. The van der Waals surface area contributed by atoms with Crippen LogP contribution in [0.2, 0.25) is 0 Å². The summed E-state index contributed by atoms with van der Waals surface area (Å²) in [6, 6.07) is 7.15. The Morgan fingerprint density at radius 1 is 0.640 bits per heavy atom. The molecule has 2 saturated carbocycles. The van der Waals surface area contributed by atoms with Crippen LogP contribution in [-0.2, 0) is 0 Å². The average Bonchev–Trinajstić information content (AvgIpc) is 2.68. The first-order chi connectivity index (χ1) is 12.1. The number of rotatable bonds is 2. The molecule has 144 valence electrons. The van der Waals surface area contributed by atoms with E-state index in [1.54, 1.807) is 5.56 Å². The third-order valence-corrected chi connectivity index (χ3v) is 6.50. The second-order valence-electron chi connectivity index (χ2n) is 7.98. The SMILES string of the molecule is CC.CC.Cc1ccc(C2CCC(C3CCC(C)CC3)CC2)cc1C. The van der Waals surface area contributed by atoms with Crippen LogP contribution < -0.4 is 0 Å². The van der Waals surface area contributed by atoms with Gasteiger partial charge in [-0.05, 0) is 92.7 Å². The van der Waals surface area contributed by atoms with Crippen LogP contribution in [0.5, 0.6) is 0 Å². The molecule has 2 aliphatic rings. The Morgan fingerprint density at radius 3 is 1.60 bits per heavy atom. The van der Waals surface area contributed by atoms with Gasteiger partial charge in [0.05, 0.1) is 0 Å². The van der Waals surface area contributed by atoms with Gasteiger partial charge in [-0.2, -0.15) is 0 Å². The minimum absolute atomic E-state index is 0.836. The second-order valence-corrected chi connectivity index (χ2v) is 7.98. The van der Waals surface area contributed by atoms with Gasteiger partial charge in [0.1, 0.15) is 0 Å². The fraction of sp³-hybridized carbons (Fsp3) is 0.760. The van der Waals surface area contributed by atoms with Crippen molar-refractivity contribution in [3.63, 3.8) is 0 Å². The average molecular weight is 345 g/mol. The summed E-state index contributed by atoms with van der Waals surface area (Å²) in [5, 5.41) is 0. The molecule has 0 unspecified atom stereocenters. The molecule has 0 bridgehead atoms. The van der Waals surface area contributed by atoms with Gasteiger partial charge in [0.25, 0.3) is 0 Å². The zero-order chi connectivity index (χ0) is 18.8. The molecule has 0 saturated heterocycles. The normalized spacial score (nSPS) is 28.9. The molecule has 0 amide bonds. The zero-order valence-electron chi connectivity index (χ0n) is 18.2. The Morgan fingerprint density at radius 2 is 1.12 bits per heavy atom. The van der Waals surface area contributed by atoms with Crippen LogP contribution in [0.1, 0.15) is 109 Å². The first kappa shape index (κ1) is 22.3. The smallest absolute Gasteiger partial charge is 0.0162 e. The van der Waals surface area contributed by atoms with Crippen LogP contribution in [0.4, 0.5) is 0 Å². The Labute approximate surface area is 158 Å². The first-order valence-corrected chi connectivity index (χ1v) is 11.2. The Balaban J connectivity index is 0.000000730. The van der Waals surface area contributed by atoms with E-state index in [9.17, 15) is 0 Å². The fourth-order valence-electron chi connectivity index (χ4n) is 4.70. The predicted molar refractivity (Wildman–Crippen MR) is 114 cm³/mol. The van der Waals surface area contributed by atoms with E-state index >= 15 is 0 Å². The molecule has 0 aromatic heterocycles. The first-order valence-electron chi connectivity index (χ1n) is 11.2. The van der Waals surface area contributed by atoms with Gasteiger partial charge in [0.2, 0.25) is 0 Å². The molecule has 0 spiro atoms. The van der Waals surface area contributed by atoms with Crippen molar-refractivity contribution < 1.29 is 0 Å². The maximum atomic E-state index is 2.45. The number of benzene rings is 1. The van der Waals surface area contributed by atoms with Crippen LogP contribution in [-0.4, -0.2) is 0 Å². The maximum Gasteiger partial charge on any atom is -0.0162 e. The van der Waals surface area contributed by atoms with Gasteiger partial charge >= 0.3 is 0 Å². The van der Waals surface area contributed by atoms with Gasteiger partial charge < -0.3 is 0 Å². The van der Waals surface area contributed by atoms with Crippen molar-refractivity contribution in [2.45, 2.75) is 106 Å². The molecule has 0 N–H and O–H groups in total. The molecule has 1 aromatic rings. The molecule has 1 aromatic carbocycles. The van der Waals surface area contributed by atoms with Crippen LogP contribution in [0.3, 0.4) is 0 Å². The fourth-order valence-corrected chi connectivity index (χ4v) is 4.70. The molecule has 0 nitrogen and oxygen atoms in total. The third kappa shape index (κ3) is 6.46. The van der Waals surface area contributed by atoms with Crippen molar-refractivity contribution in [1.82, 2.24) is 0 Å². The van der Waals surface area contributed by atoms with Gasteiger partial charge in [-0.25, -0.2) is 0 Å². The summed E-state index contributed by atoms with van der Waals surface area (Å²) in [5.41, 5.74) is 4.51. The van der Waals surface area contributed by atoms with Crippen LogP contribution in [0, 0.1) is 31.6 Å². The van der Waals surface area contributed by atoms with Gasteiger partial charge in [0.15, 0.2) is 0 Å². The van der Waals surface area contributed by atoms with Gasteiger partial charge in [0, 0.05) is 0 Å². The molecule has 2 aliphatic carbocycles. The van der Waals surface area contributed by atoms with Gasteiger partial charge in [-0.1, -0.05) is 65.7 Å². The molecule has 25 heavy (non-hydrogen) atoms. The van der Waals surface area contributed by atoms with Crippen LogP contribution in [0.25, 0.3) is 0 Å². The largest absolute Gasteiger partial charge is 0.0683 e. The molecular weight excluding hydrogens is 300 g/mol. The van der Waals surface area contributed by atoms with E-state index < -0.39 is 0 Å². The lowest BCUT2D eigenvalue weighted by Gasteiger charge is -2.37. The molecule has 0 radical (unpaired) electrons. The molecule has 2 fully saturated rings. The van der Waals surface area contributed by atoms with Crippen LogP contribution in [0.15, 0.2) is 18.2 Å². The number of aryl methyl sites for hydroxylation is 2. The summed E-state index contributed by atoms with van der Waals surface area (Å²) < 4.78 is 0. The molecular formula is C25H44. The summed E-state index contributed by atoms with van der Waals surface area (Å²) in [4.78, 5) is 0. The lowest BCUT2D eigenvalue weighted by molar-refractivity contribution is 0.165. The molecule has 3 rings (SSSR count). The zero-order valence-corrected chi connectivity index (χ0v) is 18.2. The summed E-state index contributed by atoms with van der Waals surface area (Å²) in [6.07, 6.45) is 11.8. The Hall–Kier alpha value is -0.780. The Kier molecular flexibility index (Phi) is 10.5. The summed E-state index contributed by atoms with van der Waals surface area (Å²) in [5.74, 6) is 3.93. The summed E-state index contributed by atoms with van der Waals surface area (Å²) >= 11 is 0. The van der Waals surface area contributed by atoms with Crippen molar-refractivity contribution in [2.24, 2.45) is 17.8 Å². The van der Waals surface area contributed by atoms with Crippen molar-refractivity contribution in [2.75, 3.05) is 0 Å². The quantitative estimate of drug-likeness (QED) is 0.504. The van der Waals surface area contributed by atoms with Crippen molar-refractivity contribution in [3.05, 3.63) is 34.9 Å². The van der Waals surface area contributed by atoms with Gasteiger partial charge in [-0.15, -0.1) is 0 Å². The molecule has 0 heterocycles. The third-order valence-electron chi connectivity index (χ3n) is 6.50. The van der Waals surface area contributed by atoms with Gasteiger partial charge in [-0.3, -0.25) is 0 Å². The lowest BCUT2D eigenvalue weighted by Crippen LogP contribution is -2.24.